The van der Waals surface area contributed by atoms with E-state index in [1.54, 1.807) is 0 Å². The zero-order valence-corrected chi connectivity index (χ0v) is 13.5. The summed E-state index contributed by atoms with van der Waals surface area (Å²) in [5.41, 5.74) is 17.0. The molecule has 1 aliphatic carbocycles. The Labute approximate surface area is 136 Å². The number of rotatable bonds is 1. The van der Waals surface area contributed by atoms with Crippen LogP contribution in [0, 0.1) is 0 Å². The zero-order chi connectivity index (χ0) is 16.0. The molecule has 4 rings (SSSR count). The predicted octanol–water partition coefficient (Wildman–Crippen LogP) is 2.14. The van der Waals surface area contributed by atoms with Gasteiger partial charge in [-0.2, -0.15) is 4.98 Å². The highest BCUT2D eigenvalue weighted by Crippen LogP contribution is 2.37. The van der Waals surface area contributed by atoms with Gasteiger partial charge in [-0.25, -0.2) is 4.98 Å². The van der Waals surface area contributed by atoms with Crippen LogP contribution in [-0.4, -0.2) is 28.6 Å². The maximum Gasteiger partial charge on any atom is 0.222 e. The third-order valence-corrected chi connectivity index (χ3v) is 5.03. The second-order valence-corrected chi connectivity index (χ2v) is 6.74. The summed E-state index contributed by atoms with van der Waals surface area (Å²) in [6.07, 6.45) is 4.16. The molecule has 120 valence electrons. The van der Waals surface area contributed by atoms with Crippen LogP contribution in [0.25, 0.3) is 11.3 Å². The fourth-order valence-electron chi connectivity index (χ4n) is 3.97. The van der Waals surface area contributed by atoms with E-state index >= 15 is 0 Å². The number of aryl methyl sites for hydroxylation is 1. The number of hydrogen-bond donors (Lipinski definition) is 2. The van der Waals surface area contributed by atoms with Gasteiger partial charge in [0.25, 0.3) is 0 Å². The van der Waals surface area contributed by atoms with Crippen molar-refractivity contribution in [3.63, 3.8) is 0 Å². The zero-order valence-electron chi connectivity index (χ0n) is 13.5. The van der Waals surface area contributed by atoms with Crippen molar-refractivity contribution in [1.82, 2.24) is 9.97 Å². The molecular weight excluding hydrogens is 286 g/mol. The van der Waals surface area contributed by atoms with E-state index in [-0.39, 0.29) is 6.04 Å². The topological polar surface area (TPSA) is 81.1 Å². The number of nitrogens with zero attached hydrogens (tertiary/aromatic N) is 3. The molecule has 0 radical (unpaired) electrons. The van der Waals surface area contributed by atoms with Crippen molar-refractivity contribution >= 4 is 11.8 Å². The molecule has 4 N–H and O–H groups in total. The minimum absolute atomic E-state index is 0.204. The molecule has 2 aromatic rings. The molecule has 2 atom stereocenters. The van der Waals surface area contributed by atoms with E-state index in [1.165, 1.54) is 16.7 Å². The van der Waals surface area contributed by atoms with Gasteiger partial charge in [0.2, 0.25) is 5.95 Å². The molecule has 1 aliphatic heterocycles. The van der Waals surface area contributed by atoms with Gasteiger partial charge in [-0.1, -0.05) is 24.3 Å². The van der Waals surface area contributed by atoms with Crippen molar-refractivity contribution in [3.8, 4) is 11.3 Å². The van der Waals surface area contributed by atoms with Crippen LogP contribution in [0.1, 0.15) is 30.9 Å². The Bertz CT molecular complexity index is 742. The fraction of sp³-hybridized carbons (Fsp3) is 0.444. The van der Waals surface area contributed by atoms with E-state index < -0.39 is 0 Å². The third-order valence-electron chi connectivity index (χ3n) is 5.03. The monoisotopic (exact) mass is 309 g/mol. The highest BCUT2D eigenvalue weighted by Gasteiger charge is 2.31. The molecule has 0 unspecified atom stereocenters. The molecule has 23 heavy (non-hydrogen) atoms. The van der Waals surface area contributed by atoms with Gasteiger partial charge in [-0.15, -0.1) is 0 Å². The molecule has 2 aliphatic rings. The van der Waals surface area contributed by atoms with Gasteiger partial charge < -0.3 is 16.4 Å². The van der Waals surface area contributed by atoms with Crippen LogP contribution in [0.2, 0.25) is 0 Å². The molecule has 0 spiro atoms. The summed E-state index contributed by atoms with van der Waals surface area (Å²) in [4.78, 5) is 11.5. The third kappa shape index (κ3) is 2.45. The molecular formula is C18H23N5. The quantitative estimate of drug-likeness (QED) is 0.843. The highest BCUT2D eigenvalue weighted by molar-refractivity contribution is 5.74. The molecule has 1 saturated heterocycles. The van der Waals surface area contributed by atoms with Crippen LogP contribution in [0.4, 0.5) is 11.8 Å². The molecule has 1 aromatic heterocycles. The number of nitrogen functional groups attached to an aromatic ring is 1. The standard InChI is InChI=1S/C18H23N5/c1-11-9-13(19)10-23(11)17-15-8-4-6-12-5-2-3-7-14(12)16(15)21-18(20)22-17/h2-3,5,7,11,13H,4,6,8-10,19H2,1H3,(H2,20,21,22)/t11-,13+/m1/s1. The van der Waals surface area contributed by atoms with Crippen molar-refractivity contribution in [2.45, 2.75) is 44.7 Å². The molecule has 0 bridgehead atoms. The van der Waals surface area contributed by atoms with Gasteiger partial charge in [0.1, 0.15) is 5.82 Å². The van der Waals surface area contributed by atoms with Gasteiger partial charge >= 0.3 is 0 Å². The largest absolute Gasteiger partial charge is 0.368 e. The molecule has 0 amide bonds. The number of aromatic nitrogens is 2. The normalized spacial score (nSPS) is 23.3. The lowest BCUT2D eigenvalue weighted by Gasteiger charge is -2.26. The maximum absolute atomic E-state index is 6.16. The molecule has 2 heterocycles. The lowest BCUT2D eigenvalue weighted by atomic mass is 10.0. The number of benzene rings is 1. The average Bonchev–Trinajstić information content (AvgIpc) is 2.76. The Balaban J connectivity index is 1.90. The van der Waals surface area contributed by atoms with E-state index in [2.05, 4.69) is 46.1 Å². The van der Waals surface area contributed by atoms with Crippen LogP contribution >= 0.6 is 0 Å². The number of fused-ring (bicyclic) bond motifs is 3. The van der Waals surface area contributed by atoms with Crippen molar-refractivity contribution in [2.24, 2.45) is 5.73 Å². The molecule has 5 nitrogen and oxygen atoms in total. The smallest absolute Gasteiger partial charge is 0.222 e. The first-order chi connectivity index (χ1) is 11.1. The van der Waals surface area contributed by atoms with Crippen LogP contribution in [-0.2, 0) is 12.8 Å². The first-order valence-electron chi connectivity index (χ1n) is 8.40. The minimum Gasteiger partial charge on any atom is -0.368 e. The number of hydrogen-bond acceptors (Lipinski definition) is 5. The van der Waals surface area contributed by atoms with Gasteiger partial charge in [0.15, 0.2) is 0 Å². The summed E-state index contributed by atoms with van der Waals surface area (Å²) in [6, 6.07) is 9.10. The maximum atomic E-state index is 6.16. The predicted molar refractivity (Wildman–Crippen MR) is 93.3 cm³/mol. The Morgan fingerprint density at radius 2 is 2.00 bits per heavy atom. The summed E-state index contributed by atoms with van der Waals surface area (Å²) in [5, 5.41) is 0. The molecule has 5 heteroatoms. The van der Waals surface area contributed by atoms with E-state index in [1.807, 2.05) is 0 Å². The Kier molecular flexibility index (Phi) is 3.45. The summed E-state index contributed by atoms with van der Waals surface area (Å²) >= 11 is 0. The van der Waals surface area contributed by atoms with E-state index in [9.17, 15) is 0 Å². The van der Waals surface area contributed by atoms with E-state index in [4.69, 9.17) is 11.5 Å². The summed E-state index contributed by atoms with van der Waals surface area (Å²) in [7, 11) is 0. The van der Waals surface area contributed by atoms with E-state index in [0.29, 0.717) is 12.0 Å². The van der Waals surface area contributed by atoms with Crippen molar-refractivity contribution in [2.75, 3.05) is 17.2 Å². The summed E-state index contributed by atoms with van der Waals surface area (Å²) in [5.74, 6) is 1.34. The van der Waals surface area contributed by atoms with Crippen molar-refractivity contribution in [1.29, 1.82) is 0 Å². The second kappa shape index (κ2) is 5.49. The Morgan fingerprint density at radius 1 is 1.17 bits per heavy atom. The van der Waals surface area contributed by atoms with E-state index in [0.717, 1.165) is 43.7 Å². The first-order valence-corrected chi connectivity index (χ1v) is 8.40. The average molecular weight is 309 g/mol. The number of nitrogens with two attached hydrogens (primary N) is 2. The Morgan fingerprint density at radius 3 is 2.78 bits per heavy atom. The molecule has 0 saturated carbocycles. The van der Waals surface area contributed by atoms with Crippen LogP contribution in [0.15, 0.2) is 24.3 Å². The number of anilines is 2. The molecule has 1 aromatic carbocycles. The van der Waals surface area contributed by atoms with Gasteiger partial charge in [-0.05, 0) is 38.2 Å². The summed E-state index contributed by atoms with van der Waals surface area (Å²) in [6.45, 7) is 3.05. The van der Waals surface area contributed by atoms with Crippen molar-refractivity contribution in [3.05, 3.63) is 35.4 Å². The lowest BCUT2D eigenvalue weighted by Crippen LogP contribution is -2.31. The second-order valence-electron chi connectivity index (χ2n) is 6.74. The van der Waals surface area contributed by atoms with Gasteiger partial charge in [0, 0.05) is 29.8 Å². The first kappa shape index (κ1) is 14.5. The van der Waals surface area contributed by atoms with Crippen LogP contribution in [0.3, 0.4) is 0 Å². The van der Waals surface area contributed by atoms with Crippen molar-refractivity contribution < 1.29 is 0 Å². The molecule has 1 fully saturated rings. The Hall–Kier alpha value is -2.14. The SMILES string of the molecule is C[C@@H]1C[C@H](N)CN1c1nc(N)nc2c1CCCc1ccccc1-2. The summed E-state index contributed by atoms with van der Waals surface area (Å²) < 4.78 is 0. The van der Waals surface area contributed by atoms with Gasteiger partial charge in [0.05, 0.1) is 5.69 Å². The lowest BCUT2D eigenvalue weighted by molar-refractivity contribution is 0.686. The van der Waals surface area contributed by atoms with Crippen LogP contribution in [0.5, 0.6) is 0 Å². The fourth-order valence-corrected chi connectivity index (χ4v) is 3.97. The minimum atomic E-state index is 0.204. The van der Waals surface area contributed by atoms with Crippen LogP contribution < -0.4 is 16.4 Å². The van der Waals surface area contributed by atoms with Gasteiger partial charge in [-0.3, -0.25) is 0 Å². The highest BCUT2D eigenvalue weighted by atomic mass is 15.3.